The first kappa shape index (κ1) is 21.0. The van der Waals surface area contributed by atoms with E-state index in [1.54, 1.807) is 7.11 Å². The van der Waals surface area contributed by atoms with E-state index in [1.165, 1.54) is 25.9 Å². The number of nitrogens with one attached hydrogen (secondary N) is 2. The molecule has 1 aliphatic rings. The van der Waals surface area contributed by atoms with E-state index in [0.29, 0.717) is 12.5 Å². The summed E-state index contributed by atoms with van der Waals surface area (Å²) >= 11 is 0. The zero-order chi connectivity index (χ0) is 16.5. The third kappa shape index (κ3) is 6.84. The number of methoxy groups -OCH3 is 1. The fourth-order valence-corrected chi connectivity index (χ4v) is 2.99. The van der Waals surface area contributed by atoms with Crippen LogP contribution in [0.25, 0.3) is 0 Å². The molecule has 2 rings (SSSR count). The van der Waals surface area contributed by atoms with Crippen molar-refractivity contribution in [2.75, 3.05) is 40.3 Å². The Morgan fingerprint density at radius 2 is 1.96 bits per heavy atom. The summed E-state index contributed by atoms with van der Waals surface area (Å²) in [6.45, 7) is 7.60. The molecule has 6 heteroatoms. The van der Waals surface area contributed by atoms with Crippen molar-refractivity contribution in [3.63, 3.8) is 0 Å². The first-order valence-corrected chi connectivity index (χ1v) is 8.51. The Labute approximate surface area is 163 Å². The van der Waals surface area contributed by atoms with Gasteiger partial charge in [-0.3, -0.25) is 4.99 Å². The second-order valence-electron chi connectivity index (χ2n) is 6.23. The lowest BCUT2D eigenvalue weighted by atomic mass is 10.1. The maximum atomic E-state index is 5.38. The number of rotatable bonds is 7. The van der Waals surface area contributed by atoms with Crippen LogP contribution < -0.4 is 15.4 Å². The number of nitrogens with zero attached hydrogens (tertiary/aromatic N) is 2. The molecule has 1 saturated heterocycles. The predicted octanol–water partition coefficient (Wildman–Crippen LogP) is 2.71. The molecule has 1 fully saturated rings. The number of para-hydroxylation sites is 1. The monoisotopic (exact) mass is 446 g/mol. The molecule has 1 aromatic carbocycles. The molecular formula is C18H31IN4O. The van der Waals surface area contributed by atoms with Gasteiger partial charge in [0.2, 0.25) is 0 Å². The van der Waals surface area contributed by atoms with Crippen molar-refractivity contribution in [2.24, 2.45) is 10.9 Å². The molecule has 0 aliphatic carbocycles. The molecule has 24 heavy (non-hydrogen) atoms. The van der Waals surface area contributed by atoms with Gasteiger partial charge in [-0.2, -0.15) is 0 Å². The zero-order valence-electron chi connectivity index (χ0n) is 15.0. The van der Waals surface area contributed by atoms with Gasteiger partial charge in [-0.25, -0.2) is 0 Å². The summed E-state index contributed by atoms with van der Waals surface area (Å²) in [5, 5.41) is 6.78. The van der Waals surface area contributed by atoms with E-state index < -0.39 is 0 Å². The highest BCUT2D eigenvalue weighted by molar-refractivity contribution is 14.0. The molecule has 1 aromatic rings. The van der Waals surface area contributed by atoms with Crippen molar-refractivity contribution in [1.29, 1.82) is 0 Å². The maximum Gasteiger partial charge on any atom is 0.191 e. The summed E-state index contributed by atoms with van der Waals surface area (Å²) in [5.74, 6) is 2.35. The average molecular weight is 446 g/mol. The zero-order valence-corrected chi connectivity index (χ0v) is 17.4. The van der Waals surface area contributed by atoms with Crippen LogP contribution in [0.3, 0.4) is 0 Å². The first-order chi connectivity index (χ1) is 11.2. The fourth-order valence-electron chi connectivity index (χ4n) is 2.99. The number of hydrogen-bond acceptors (Lipinski definition) is 3. The molecule has 1 aliphatic heterocycles. The standard InChI is InChI=1S/C18H30N4O.HI/c1-15(14-22-10-6-7-11-22)12-20-18(19-2)21-13-16-8-4-5-9-17(16)23-3;/h4-5,8-9,15H,6-7,10-14H2,1-3H3,(H2,19,20,21);1H. The van der Waals surface area contributed by atoms with E-state index >= 15 is 0 Å². The van der Waals surface area contributed by atoms with E-state index in [-0.39, 0.29) is 24.0 Å². The van der Waals surface area contributed by atoms with Crippen LogP contribution in [0.15, 0.2) is 29.3 Å². The van der Waals surface area contributed by atoms with E-state index in [9.17, 15) is 0 Å². The smallest absolute Gasteiger partial charge is 0.191 e. The number of halogens is 1. The van der Waals surface area contributed by atoms with Gasteiger partial charge in [0.1, 0.15) is 5.75 Å². The Bertz CT molecular complexity index is 504. The highest BCUT2D eigenvalue weighted by Crippen LogP contribution is 2.16. The summed E-state index contributed by atoms with van der Waals surface area (Å²) in [6, 6.07) is 8.05. The second kappa shape index (κ2) is 11.5. The summed E-state index contributed by atoms with van der Waals surface area (Å²) in [5.41, 5.74) is 1.13. The summed E-state index contributed by atoms with van der Waals surface area (Å²) in [6.07, 6.45) is 2.70. The van der Waals surface area contributed by atoms with Gasteiger partial charge in [0.25, 0.3) is 0 Å². The number of hydrogen-bond donors (Lipinski definition) is 2. The van der Waals surface area contributed by atoms with Crippen molar-refractivity contribution in [1.82, 2.24) is 15.5 Å². The van der Waals surface area contributed by atoms with E-state index in [2.05, 4.69) is 33.5 Å². The van der Waals surface area contributed by atoms with Gasteiger partial charge < -0.3 is 20.3 Å². The third-order valence-electron chi connectivity index (χ3n) is 4.25. The third-order valence-corrected chi connectivity index (χ3v) is 4.25. The Hall–Kier alpha value is -1.02. The van der Waals surface area contributed by atoms with Crippen LogP contribution in [0.4, 0.5) is 0 Å². The molecule has 0 saturated carbocycles. The topological polar surface area (TPSA) is 48.9 Å². The van der Waals surface area contributed by atoms with Crippen molar-refractivity contribution in [3.8, 4) is 5.75 Å². The highest BCUT2D eigenvalue weighted by Gasteiger charge is 2.14. The minimum atomic E-state index is 0. The number of likely N-dealkylation sites (tertiary alicyclic amines) is 1. The van der Waals surface area contributed by atoms with Crippen LogP contribution in [-0.4, -0.2) is 51.2 Å². The lowest BCUT2D eigenvalue weighted by Crippen LogP contribution is -2.41. The van der Waals surface area contributed by atoms with Crippen molar-refractivity contribution >= 4 is 29.9 Å². The van der Waals surface area contributed by atoms with Gasteiger partial charge in [-0.1, -0.05) is 25.1 Å². The quantitative estimate of drug-likeness (QED) is 0.384. The SMILES string of the molecule is CN=C(NCc1ccccc1OC)NCC(C)CN1CCCC1.I. The fraction of sp³-hybridized carbons (Fsp3) is 0.611. The van der Waals surface area contributed by atoms with Crippen LogP contribution in [0, 0.1) is 5.92 Å². The molecule has 0 aromatic heterocycles. The maximum absolute atomic E-state index is 5.38. The van der Waals surface area contributed by atoms with Crippen LogP contribution in [0.5, 0.6) is 5.75 Å². The van der Waals surface area contributed by atoms with Crippen molar-refractivity contribution in [3.05, 3.63) is 29.8 Å². The van der Waals surface area contributed by atoms with Crippen LogP contribution in [-0.2, 0) is 6.54 Å². The van der Waals surface area contributed by atoms with Crippen molar-refractivity contribution in [2.45, 2.75) is 26.3 Å². The molecule has 0 bridgehead atoms. The lowest BCUT2D eigenvalue weighted by molar-refractivity contribution is 0.287. The number of ether oxygens (including phenoxy) is 1. The normalized spacial score (nSPS) is 16.4. The van der Waals surface area contributed by atoms with E-state index in [1.807, 2.05) is 25.2 Å². The van der Waals surface area contributed by atoms with Gasteiger partial charge >= 0.3 is 0 Å². The van der Waals surface area contributed by atoms with E-state index in [4.69, 9.17) is 4.74 Å². The van der Waals surface area contributed by atoms with E-state index in [0.717, 1.165) is 30.4 Å². The van der Waals surface area contributed by atoms with Gasteiger partial charge in [0.05, 0.1) is 7.11 Å². The molecular weight excluding hydrogens is 415 g/mol. The Morgan fingerprint density at radius 3 is 2.62 bits per heavy atom. The Kier molecular flexibility index (Phi) is 10.1. The van der Waals surface area contributed by atoms with Gasteiger partial charge in [0.15, 0.2) is 5.96 Å². The van der Waals surface area contributed by atoms with Crippen LogP contribution >= 0.6 is 24.0 Å². The summed E-state index contributed by atoms with van der Waals surface area (Å²) in [7, 11) is 3.51. The number of benzene rings is 1. The Balaban J connectivity index is 0.00000288. The molecule has 136 valence electrons. The van der Waals surface area contributed by atoms with Gasteiger partial charge in [-0.05, 0) is 37.9 Å². The molecule has 1 atom stereocenters. The van der Waals surface area contributed by atoms with Crippen LogP contribution in [0.2, 0.25) is 0 Å². The summed E-state index contributed by atoms with van der Waals surface area (Å²) < 4.78 is 5.38. The summed E-state index contributed by atoms with van der Waals surface area (Å²) in [4.78, 5) is 6.86. The molecule has 2 N–H and O–H groups in total. The second-order valence-corrected chi connectivity index (χ2v) is 6.23. The number of aliphatic imine (C=N–C) groups is 1. The van der Waals surface area contributed by atoms with Gasteiger partial charge in [0, 0.05) is 32.2 Å². The lowest BCUT2D eigenvalue weighted by Gasteiger charge is -2.21. The van der Waals surface area contributed by atoms with Crippen molar-refractivity contribution < 1.29 is 4.74 Å². The molecule has 5 nitrogen and oxygen atoms in total. The molecule has 0 amide bonds. The predicted molar refractivity (Wildman–Crippen MR) is 111 cm³/mol. The average Bonchev–Trinajstić information content (AvgIpc) is 3.08. The number of guanidine groups is 1. The minimum Gasteiger partial charge on any atom is -0.496 e. The minimum absolute atomic E-state index is 0. The first-order valence-electron chi connectivity index (χ1n) is 8.51. The largest absolute Gasteiger partial charge is 0.496 e. The highest BCUT2D eigenvalue weighted by atomic mass is 127. The Morgan fingerprint density at radius 1 is 1.25 bits per heavy atom. The molecule has 0 spiro atoms. The van der Waals surface area contributed by atoms with Gasteiger partial charge in [-0.15, -0.1) is 24.0 Å². The molecule has 1 unspecified atom stereocenters. The van der Waals surface area contributed by atoms with Crippen LogP contribution in [0.1, 0.15) is 25.3 Å². The molecule has 1 heterocycles. The molecule has 0 radical (unpaired) electrons.